The van der Waals surface area contributed by atoms with Crippen LogP contribution in [0.1, 0.15) is 56.7 Å². The largest absolute Gasteiger partial charge is 0.481 e. The second kappa shape index (κ2) is 10.9. The lowest BCUT2D eigenvalue weighted by Crippen LogP contribution is -2.15. The van der Waals surface area contributed by atoms with E-state index >= 15 is 0 Å². The van der Waals surface area contributed by atoms with Gasteiger partial charge in [0.1, 0.15) is 5.75 Å². The first-order chi connectivity index (χ1) is 15.3. The van der Waals surface area contributed by atoms with E-state index in [1.165, 1.54) is 17.3 Å². The summed E-state index contributed by atoms with van der Waals surface area (Å²) in [6.07, 6.45) is -0.343. The average molecular weight is 473 g/mol. The SMILES string of the molecule is CCn1c(SCC(=O)Nc2ccc(C(C)C)cc2)nnc1C(C)Oc1cc(C)ccc1Cl. The molecule has 32 heavy (non-hydrogen) atoms. The first kappa shape index (κ1) is 24.1. The minimum Gasteiger partial charge on any atom is -0.481 e. The number of thioether (sulfide) groups is 1. The first-order valence-electron chi connectivity index (χ1n) is 10.7. The van der Waals surface area contributed by atoms with Crippen LogP contribution in [0.4, 0.5) is 5.69 Å². The van der Waals surface area contributed by atoms with Gasteiger partial charge in [0, 0.05) is 12.2 Å². The van der Waals surface area contributed by atoms with Crippen LogP contribution in [0.5, 0.6) is 5.75 Å². The Bertz CT molecular complexity index is 1070. The molecule has 0 aliphatic rings. The maximum absolute atomic E-state index is 12.4. The smallest absolute Gasteiger partial charge is 0.234 e. The van der Waals surface area contributed by atoms with Crippen molar-refractivity contribution in [3.63, 3.8) is 0 Å². The number of ether oxygens (including phenoxy) is 1. The predicted octanol–water partition coefficient (Wildman–Crippen LogP) is 6.25. The summed E-state index contributed by atoms with van der Waals surface area (Å²) in [4.78, 5) is 12.4. The number of aromatic nitrogens is 3. The van der Waals surface area contributed by atoms with Crippen LogP contribution in [0, 0.1) is 6.92 Å². The standard InChI is InChI=1S/C24H29ClN4O2S/c1-6-29-23(17(5)31-21-13-16(4)7-12-20(21)25)27-28-24(29)32-14-22(30)26-19-10-8-18(9-11-19)15(2)3/h7-13,15,17H,6,14H2,1-5H3,(H,26,30). The number of hydrogen-bond donors (Lipinski definition) is 1. The highest BCUT2D eigenvalue weighted by molar-refractivity contribution is 7.99. The van der Waals surface area contributed by atoms with Crippen molar-refractivity contribution in [3.8, 4) is 5.75 Å². The van der Waals surface area contributed by atoms with Gasteiger partial charge in [-0.05, 0) is 62.1 Å². The molecule has 2 aromatic carbocycles. The van der Waals surface area contributed by atoms with E-state index < -0.39 is 0 Å². The van der Waals surface area contributed by atoms with E-state index in [9.17, 15) is 4.79 Å². The third-order valence-electron chi connectivity index (χ3n) is 5.01. The average Bonchev–Trinajstić information content (AvgIpc) is 3.18. The third kappa shape index (κ3) is 6.04. The number of anilines is 1. The molecule has 8 heteroatoms. The van der Waals surface area contributed by atoms with E-state index in [2.05, 4.69) is 29.4 Å². The summed E-state index contributed by atoms with van der Waals surface area (Å²) in [7, 11) is 0. The second-order valence-electron chi connectivity index (χ2n) is 7.89. The van der Waals surface area contributed by atoms with Crippen molar-refractivity contribution in [2.24, 2.45) is 0 Å². The van der Waals surface area contributed by atoms with Gasteiger partial charge in [0.05, 0.1) is 10.8 Å². The van der Waals surface area contributed by atoms with Gasteiger partial charge < -0.3 is 14.6 Å². The molecule has 1 heterocycles. The molecule has 1 N–H and O–H groups in total. The van der Waals surface area contributed by atoms with Gasteiger partial charge >= 0.3 is 0 Å². The molecule has 0 radical (unpaired) electrons. The van der Waals surface area contributed by atoms with Crippen molar-refractivity contribution in [1.29, 1.82) is 0 Å². The molecular formula is C24H29ClN4O2S. The molecule has 0 aliphatic carbocycles. The fourth-order valence-electron chi connectivity index (χ4n) is 3.23. The summed E-state index contributed by atoms with van der Waals surface area (Å²) in [5.74, 6) is 1.91. The van der Waals surface area contributed by atoms with Gasteiger partial charge in [0.25, 0.3) is 0 Å². The maximum atomic E-state index is 12.4. The van der Waals surface area contributed by atoms with Crippen LogP contribution < -0.4 is 10.1 Å². The minimum absolute atomic E-state index is 0.0876. The van der Waals surface area contributed by atoms with E-state index in [0.717, 1.165) is 11.3 Å². The molecule has 0 bridgehead atoms. The number of amides is 1. The third-order valence-corrected chi connectivity index (χ3v) is 6.29. The Morgan fingerprint density at radius 3 is 2.53 bits per heavy atom. The Morgan fingerprint density at radius 2 is 1.88 bits per heavy atom. The van der Waals surface area contributed by atoms with Crippen LogP contribution in [-0.4, -0.2) is 26.4 Å². The highest BCUT2D eigenvalue weighted by Gasteiger charge is 2.20. The molecule has 6 nitrogen and oxygen atoms in total. The minimum atomic E-state index is -0.343. The van der Waals surface area contributed by atoms with E-state index in [1.54, 1.807) is 0 Å². The monoisotopic (exact) mass is 472 g/mol. The zero-order chi connectivity index (χ0) is 23.3. The van der Waals surface area contributed by atoms with Crippen molar-refractivity contribution < 1.29 is 9.53 Å². The molecule has 0 spiro atoms. The fraction of sp³-hybridized carbons (Fsp3) is 0.375. The summed E-state index contributed by atoms with van der Waals surface area (Å²) in [5, 5.41) is 12.8. The first-order valence-corrected chi connectivity index (χ1v) is 12.0. The Balaban J connectivity index is 1.62. The van der Waals surface area contributed by atoms with Gasteiger partial charge in [-0.3, -0.25) is 4.79 Å². The van der Waals surface area contributed by atoms with Crippen LogP contribution in [0.3, 0.4) is 0 Å². The number of rotatable bonds is 9. The van der Waals surface area contributed by atoms with Gasteiger partial charge in [-0.15, -0.1) is 10.2 Å². The van der Waals surface area contributed by atoms with E-state index in [-0.39, 0.29) is 17.8 Å². The van der Waals surface area contributed by atoms with E-state index in [4.69, 9.17) is 16.3 Å². The van der Waals surface area contributed by atoms with Crippen LogP contribution in [0.2, 0.25) is 5.02 Å². The van der Waals surface area contributed by atoms with Crippen molar-refractivity contribution in [2.75, 3.05) is 11.1 Å². The van der Waals surface area contributed by atoms with Crippen LogP contribution in [-0.2, 0) is 11.3 Å². The molecule has 0 aliphatic heterocycles. The van der Waals surface area contributed by atoms with Crippen molar-refractivity contribution in [1.82, 2.24) is 14.8 Å². The topological polar surface area (TPSA) is 69.0 Å². The Morgan fingerprint density at radius 1 is 1.16 bits per heavy atom. The molecular weight excluding hydrogens is 444 g/mol. The number of carbonyl (C=O) groups excluding carboxylic acids is 1. The number of carbonyl (C=O) groups is 1. The Labute approximate surface area is 198 Å². The number of halogens is 1. The molecule has 1 aromatic heterocycles. The number of hydrogen-bond acceptors (Lipinski definition) is 5. The highest BCUT2D eigenvalue weighted by atomic mass is 35.5. The number of benzene rings is 2. The molecule has 3 rings (SSSR count). The molecule has 1 unspecified atom stereocenters. The molecule has 1 amide bonds. The van der Waals surface area contributed by atoms with Gasteiger partial charge in [-0.25, -0.2) is 0 Å². The van der Waals surface area contributed by atoms with Crippen LogP contribution in [0.15, 0.2) is 47.6 Å². The Hall–Kier alpha value is -2.51. The molecule has 3 aromatic rings. The van der Waals surface area contributed by atoms with Crippen molar-refractivity contribution in [3.05, 3.63) is 64.4 Å². The molecule has 1 atom stereocenters. The van der Waals surface area contributed by atoms with Gasteiger partial charge in [-0.2, -0.15) is 0 Å². The van der Waals surface area contributed by atoms with E-state index in [0.29, 0.717) is 34.2 Å². The predicted molar refractivity (Wildman–Crippen MR) is 131 cm³/mol. The maximum Gasteiger partial charge on any atom is 0.234 e. The van der Waals surface area contributed by atoms with Crippen LogP contribution >= 0.6 is 23.4 Å². The lowest BCUT2D eigenvalue weighted by Gasteiger charge is -2.17. The second-order valence-corrected chi connectivity index (χ2v) is 9.24. The normalized spacial score (nSPS) is 12.1. The Kier molecular flexibility index (Phi) is 8.21. The quantitative estimate of drug-likeness (QED) is 0.372. The summed E-state index contributed by atoms with van der Waals surface area (Å²) in [6.45, 7) is 10.9. The number of nitrogens with zero attached hydrogens (tertiary/aromatic N) is 3. The summed E-state index contributed by atoms with van der Waals surface area (Å²) >= 11 is 7.62. The number of nitrogens with one attached hydrogen (secondary N) is 1. The molecule has 0 saturated heterocycles. The lowest BCUT2D eigenvalue weighted by atomic mass is 10.0. The van der Waals surface area contributed by atoms with Gasteiger partial charge in [-0.1, -0.05) is 55.4 Å². The number of aryl methyl sites for hydroxylation is 1. The molecule has 0 saturated carbocycles. The van der Waals surface area contributed by atoms with Crippen molar-refractivity contribution in [2.45, 2.75) is 58.3 Å². The van der Waals surface area contributed by atoms with Crippen molar-refractivity contribution >= 4 is 35.0 Å². The fourth-order valence-corrected chi connectivity index (χ4v) is 4.20. The zero-order valence-electron chi connectivity index (χ0n) is 19.1. The van der Waals surface area contributed by atoms with Gasteiger partial charge in [0.15, 0.2) is 17.1 Å². The van der Waals surface area contributed by atoms with Gasteiger partial charge in [0.2, 0.25) is 5.91 Å². The molecule has 0 fully saturated rings. The molecule has 170 valence electrons. The van der Waals surface area contributed by atoms with E-state index in [1.807, 2.05) is 67.8 Å². The van der Waals surface area contributed by atoms with Crippen LogP contribution in [0.25, 0.3) is 0 Å². The summed E-state index contributed by atoms with van der Waals surface area (Å²) in [6, 6.07) is 13.6. The highest BCUT2D eigenvalue weighted by Crippen LogP contribution is 2.30. The zero-order valence-corrected chi connectivity index (χ0v) is 20.6. The summed E-state index contributed by atoms with van der Waals surface area (Å²) in [5.41, 5.74) is 3.09. The lowest BCUT2D eigenvalue weighted by molar-refractivity contribution is -0.113. The summed E-state index contributed by atoms with van der Waals surface area (Å²) < 4.78 is 8.02.